The number of hydrogen-bond acceptors (Lipinski definition) is 6. The molecular weight excluding hydrogens is 238 g/mol. The number of carbonyl (C=O) groups is 1. The summed E-state index contributed by atoms with van der Waals surface area (Å²) in [5.41, 5.74) is 0.408. The Kier molecular flexibility index (Phi) is 2.35. The minimum atomic E-state index is -1.09. The zero-order valence-corrected chi connectivity index (χ0v) is 9.70. The van der Waals surface area contributed by atoms with Gasteiger partial charge in [-0.05, 0) is 19.8 Å². The van der Waals surface area contributed by atoms with E-state index in [1.807, 2.05) is 0 Å². The Hall–Kier alpha value is -2.25. The van der Waals surface area contributed by atoms with Crippen molar-refractivity contribution < 1.29 is 14.4 Å². The summed E-state index contributed by atoms with van der Waals surface area (Å²) < 4.78 is 6.54. The van der Waals surface area contributed by atoms with Crippen LogP contribution in [0.5, 0.6) is 0 Å². The van der Waals surface area contributed by atoms with Gasteiger partial charge in [0, 0.05) is 5.92 Å². The molecule has 3 rings (SSSR count). The highest BCUT2D eigenvalue weighted by molar-refractivity contribution is 5.86. The van der Waals surface area contributed by atoms with Crippen molar-refractivity contribution in [3.8, 4) is 0 Å². The third-order valence-electron chi connectivity index (χ3n) is 2.90. The average molecular weight is 249 g/mol. The average Bonchev–Trinajstić information content (AvgIpc) is 2.97. The Labute approximate surface area is 102 Å². The van der Waals surface area contributed by atoms with Crippen LogP contribution in [-0.4, -0.2) is 36.2 Å². The van der Waals surface area contributed by atoms with Crippen LogP contribution in [0.4, 0.5) is 0 Å². The molecule has 2 aromatic rings. The normalized spacial score (nSPS) is 14.9. The van der Waals surface area contributed by atoms with Gasteiger partial charge in [-0.15, -0.1) is 5.10 Å². The van der Waals surface area contributed by atoms with Crippen molar-refractivity contribution >= 4 is 5.97 Å². The van der Waals surface area contributed by atoms with Gasteiger partial charge < -0.3 is 9.63 Å². The lowest BCUT2D eigenvalue weighted by Crippen LogP contribution is -2.06. The van der Waals surface area contributed by atoms with E-state index in [0.29, 0.717) is 17.5 Å². The number of nitrogens with zero attached hydrogens (tertiary/aromatic N) is 5. The van der Waals surface area contributed by atoms with Crippen LogP contribution < -0.4 is 0 Å². The molecule has 2 aromatic heterocycles. The summed E-state index contributed by atoms with van der Waals surface area (Å²) in [6.07, 6.45) is 2.20. The van der Waals surface area contributed by atoms with Gasteiger partial charge in [0.15, 0.2) is 11.5 Å². The molecule has 0 aromatic carbocycles. The van der Waals surface area contributed by atoms with E-state index in [9.17, 15) is 4.79 Å². The van der Waals surface area contributed by atoms with E-state index in [1.165, 1.54) is 4.68 Å². The molecule has 1 fully saturated rings. The minimum absolute atomic E-state index is 0.0584. The maximum atomic E-state index is 10.8. The molecule has 18 heavy (non-hydrogen) atoms. The van der Waals surface area contributed by atoms with Crippen LogP contribution in [0.1, 0.15) is 46.7 Å². The second-order valence-corrected chi connectivity index (χ2v) is 4.31. The third-order valence-corrected chi connectivity index (χ3v) is 2.90. The Morgan fingerprint density at radius 1 is 1.56 bits per heavy atom. The highest BCUT2D eigenvalue weighted by atomic mass is 16.5. The summed E-state index contributed by atoms with van der Waals surface area (Å²) in [6, 6.07) is 0. The fourth-order valence-electron chi connectivity index (χ4n) is 1.68. The number of aromatic carboxylic acids is 1. The number of carboxylic acids is 1. The summed E-state index contributed by atoms with van der Waals surface area (Å²) >= 11 is 0. The summed E-state index contributed by atoms with van der Waals surface area (Å²) in [4.78, 5) is 15.1. The topological polar surface area (TPSA) is 107 Å². The van der Waals surface area contributed by atoms with E-state index in [1.54, 1.807) is 6.92 Å². The molecule has 1 saturated carbocycles. The predicted octanol–water partition coefficient (Wildman–Crippen LogP) is 0.593. The molecule has 0 amide bonds. The number of aromatic nitrogens is 5. The Morgan fingerprint density at radius 3 is 2.94 bits per heavy atom. The summed E-state index contributed by atoms with van der Waals surface area (Å²) in [6.45, 7) is 1.88. The van der Waals surface area contributed by atoms with Crippen molar-refractivity contribution in [1.82, 2.24) is 25.1 Å². The lowest BCUT2D eigenvalue weighted by atomic mass is 10.3. The quantitative estimate of drug-likeness (QED) is 0.844. The van der Waals surface area contributed by atoms with Crippen LogP contribution in [0.2, 0.25) is 0 Å². The second-order valence-electron chi connectivity index (χ2n) is 4.31. The molecule has 0 radical (unpaired) electrons. The molecule has 0 saturated heterocycles. The van der Waals surface area contributed by atoms with Crippen molar-refractivity contribution in [3.05, 3.63) is 23.1 Å². The maximum Gasteiger partial charge on any atom is 0.358 e. The highest BCUT2D eigenvalue weighted by Crippen LogP contribution is 2.38. The first-order valence-corrected chi connectivity index (χ1v) is 5.61. The molecule has 0 bridgehead atoms. The third kappa shape index (κ3) is 1.85. The Morgan fingerprint density at radius 2 is 2.33 bits per heavy atom. The lowest BCUT2D eigenvalue weighted by molar-refractivity contribution is 0.0689. The standard InChI is InChI=1S/C10H11N5O3/c1-5-8(10(16)17)12-14-15(5)4-7-11-9(13-18-7)6-2-3-6/h6H,2-4H2,1H3,(H,16,17). The van der Waals surface area contributed by atoms with Gasteiger partial charge in [-0.1, -0.05) is 10.4 Å². The molecule has 1 aliphatic rings. The van der Waals surface area contributed by atoms with Crippen LogP contribution >= 0.6 is 0 Å². The molecule has 94 valence electrons. The number of carboxylic acid groups (broad SMARTS) is 1. The molecule has 0 spiro atoms. The van der Waals surface area contributed by atoms with Crippen molar-refractivity contribution in [2.45, 2.75) is 32.2 Å². The first-order chi connectivity index (χ1) is 8.65. The van der Waals surface area contributed by atoms with Gasteiger partial charge in [0.25, 0.3) is 0 Å². The molecule has 8 nitrogen and oxygen atoms in total. The van der Waals surface area contributed by atoms with Gasteiger partial charge in [-0.2, -0.15) is 4.98 Å². The van der Waals surface area contributed by atoms with Crippen molar-refractivity contribution in [3.63, 3.8) is 0 Å². The van der Waals surface area contributed by atoms with Crippen LogP contribution in [0.15, 0.2) is 4.52 Å². The van der Waals surface area contributed by atoms with Gasteiger partial charge in [0.05, 0.1) is 5.69 Å². The van der Waals surface area contributed by atoms with E-state index in [2.05, 4.69) is 20.5 Å². The van der Waals surface area contributed by atoms with Crippen molar-refractivity contribution in [1.29, 1.82) is 0 Å². The predicted molar refractivity (Wildman–Crippen MR) is 57.1 cm³/mol. The Balaban J connectivity index is 1.80. The van der Waals surface area contributed by atoms with Gasteiger partial charge in [-0.3, -0.25) is 0 Å². The smallest absolute Gasteiger partial charge is 0.358 e. The second kappa shape index (κ2) is 3.90. The zero-order chi connectivity index (χ0) is 12.7. The molecular formula is C10H11N5O3. The lowest BCUT2D eigenvalue weighted by Gasteiger charge is -1.97. The first kappa shape index (κ1) is 10.9. The van der Waals surface area contributed by atoms with Gasteiger partial charge in [0.1, 0.15) is 6.54 Å². The molecule has 1 aliphatic carbocycles. The van der Waals surface area contributed by atoms with E-state index in [0.717, 1.165) is 18.7 Å². The summed E-state index contributed by atoms with van der Waals surface area (Å²) in [5, 5.41) is 20.1. The largest absolute Gasteiger partial charge is 0.476 e. The molecule has 0 atom stereocenters. The first-order valence-electron chi connectivity index (χ1n) is 5.61. The van der Waals surface area contributed by atoms with E-state index < -0.39 is 5.97 Å². The molecule has 1 N–H and O–H groups in total. The minimum Gasteiger partial charge on any atom is -0.476 e. The van der Waals surface area contributed by atoms with Crippen molar-refractivity contribution in [2.24, 2.45) is 0 Å². The maximum absolute atomic E-state index is 10.8. The van der Waals surface area contributed by atoms with E-state index in [-0.39, 0.29) is 12.2 Å². The zero-order valence-electron chi connectivity index (χ0n) is 9.70. The molecule has 2 heterocycles. The van der Waals surface area contributed by atoms with Crippen LogP contribution in [0.25, 0.3) is 0 Å². The van der Waals surface area contributed by atoms with Crippen molar-refractivity contribution in [2.75, 3.05) is 0 Å². The fourth-order valence-corrected chi connectivity index (χ4v) is 1.68. The monoisotopic (exact) mass is 249 g/mol. The summed E-state index contributed by atoms with van der Waals surface area (Å²) in [7, 11) is 0. The van der Waals surface area contributed by atoms with Gasteiger partial charge >= 0.3 is 5.97 Å². The number of hydrogen-bond donors (Lipinski definition) is 1. The van der Waals surface area contributed by atoms with Gasteiger partial charge in [-0.25, -0.2) is 9.48 Å². The van der Waals surface area contributed by atoms with E-state index >= 15 is 0 Å². The van der Waals surface area contributed by atoms with Crippen LogP contribution in [-0.2, 0) is 6.54 Å². The number of rotatable bonds is 4. The SMILES string of the molecule is Cc1c(C(=O)O)nnn1Cc1nc(C2CC2)no1. The Bertz CT molecular complexity index is 598. The fraction of sp³-hybridized carbons (Fsp3) is 0.500. The highest BCUT2D eigenvalue weighted by Gasteiger charge is 2.29. The molecule has 0 unspecified atom stereocenters. The molecule has 0 aliphatic heterocycles. The summed E-state index contributed by atoms with van der Waals surface area (Å²) in [5.74, 6) is 0.472. The van der Waals surface area contributed by atoms with Gasteiger partial charge in [0.2, 0.25) is 5.89 Å². The van der Waals surface area contributed by atoms with E-state index in [4.69, 9.17) is 9.63 Å². The molecule has 8 heteroatoms. The van der Waals surface area contributed by atoms with Crippen LogP contribution in [0, 0.1) is 6.92 Å². The van der Waals surface area contributed by atoms with Crippen LogP contribution in [0.3, 0.4) is 0 Å².